The Morgan fingerprint density at radius 2 is 1.83 bits per heavy atom. The van der Waals surface area contributed by atoms with Gasteiger partial charge in [0.05, 0.1) is 12.4 Å². The monoisotopic (exact) mass is 280 g/mol. The minimum Gasteiger partial charge on any atom is -0.380 e. The molecule has 0 aliphatic heterocycles. The molecule has 0 saturated heterocycles. The van der Waals surface area contributed by atoms with Crippen LogP contribution in [0.25, 0.3) is 0 Å². The topological polar surface area (TPSA) is 67.4 Å². The summed E-state index contributed by atoms with van der Waals surface area (Å²) in [4.78, 5) is 0. The Morgan fingerprint density at radius 3 is 2.39 bits per heavy atom. The lowest BCUT2D eigenvalue weighted by atomic mass is 10.3. The molecule has 2 N–H and O–H groups in total. The van der Waals surface area contributed by atoms with Gasteiger partial charge in [0.2, 0.25) is 10.0 Å². The highest BCUT2D eigenvalue weighted by Gasteiger charge is 2.13. The molecule has 6 heteroatoms. The van der Waals surface area contributed by atoms with Crippen LogP contribution in [-0.4, -0.2) is 46.0 Å². The lowest BCUT2D eigenvalue weighted by Crippen LogP contribution is -2.37. The summed E-state index contributed by atoms with van der Waals surface area (Å²) in [6, 6.07) is 0.287. The van der Waals surface area contributed by atoms with E-state index in [1.165, 1.54) is 0 Å². The largest absolute Gasteiger partial charge is 0.380 e. The van der Waals surface area contributed by atoms with Crippen LogP contribution < -0.4 is 10.0 Å². The Bertz CT molecular complexity index is 292. The van der Waals surface area contributed by atoms with E-state index in [1.807, 2.05) is 13.8 Å². The standard InChI is InChI=1S/C12H28N2O3S/c1-5-17-10-12(4)14-18(15,16)9-7-6-8-13-11(2)3/h11-14H,5-10H2,1-4H3. The molecule has 0 saturated carbocycles. The van der Waals surface area contributed by atoms with Crippen LogP contribution in [0.3, 0.4) is 0 Å². The first-order valence-corrected chi connectivity index (χ1v) is 8.33. The normalized spacial score (nSPS) is 14.1. The van der Waals surface area contributed by atoms with Crippen molar-refractivity contribution in [2.24, 2.45) is 0 Å². The fourth-order valence-electron chi connectivity index (χ4n) is 1.50. The molecule has 0 aromatic heterocycles. The highest BCUT2D eigenvalue weighted by Crippen LogP contribution is 1.97. The zero-order chi connectivity index (χ0) is 14.0. The molecule has 1 atom stereocenters. The molecule has 0 aliphatic carbocycles. The van der Waals surface area contributed by atoms with Gasteiger partial charge in [0.25, 0.3) is 0 Å². The molecule has 0 fully saturated rings. The molecule has 0 rings (SSSR count). The lowest BCUT2D eigenvalue weighted by molar-refractivity contribution is 0.133. The van der Waals surface area contributed by atoms with Gasteiger partial charge in [-0.15, -0.1) is 0 Å². The van der Waals surface area contributed by atoms with Crippen LogP contribution in [0, 0.1) is 0 Å². The van der Waals surface area contributed by atoms with Crippen molar-refractivity contribution in [1.29, 1.82) is 0 Å². The maximum Gasteiger partial charge on any atom is 0.211 e. The number of ether oxygens (including phenoxy) is 1. The Kier molecular flexibility index (Phi) is 9.63. The number of nitrogens with one attached hydrogen (secondary N) is 2. The molecule has 0 aromatic rings. The number of hydrogen-bond acceptors (Lipinski definition) is 4. The molecule has 0 amide bonds. The van der Waals surface area contributed by atoms with Crippen molar-refractivity contribution < 1.29 is 13.2 Å². The maximum absolute atomic E-state index is 11.7. The van der Waals surface area contributed by atoms with Gasteiger partial charge in [-0.1, -0.05) is 13.8 Å². The van der Waals surface area contributed by atoms with Crippen LogP contribution >= 0.6 is 0 Å². The van der Waals surface area contributed by atoms with E-state index in [0.717, 1.165) is 13.0 Å². The fourth-order valence-corrected chi connectivity index (χ4v) is 2.89. The van der Waals surface area contributed by atoms with E-state index in [-0.39, 0.29) is 11.8 Å². The summed E-state index contributed by atoms with van der Waals surface area (Å²) in [6.07, 6.45) is 1.55. The van der Waals surface area contributed by atoms with Gasteiger partial charge in [-0.3, -0.25) is 0 Å². The summed E-state index contributed by atoms with van der Waals surface area (Å²) >= 11 is 0. The Morgan fingerprint density at radius 1 is 1.17 bits per heavy atom. The van der Waals surface area contributed by atoms with Gasteiger partial charge in [-0.05, 0) is 33.2 Å². The maximum atomic E-state index is 11.7. The molecule has 0 aromatic carbocycles. The van der Waals surface area contributed by atoms with Crippen molar-refractivity contribution in [3.63, 3.8) is 0 Å². The predicted molar refractivity (Wildman–Crippen MR) is 75.3 cm³/mol. The lowest BCUT2D eigenvalue weighted by Gasteiger charge is -2.14. The molecule has 1 unspecified atom stereocenters. The summed E-state index contributed by atoms with van der Waals surface area (Å²) in [5.74, 6) is 0.184. The molecular weight excluding hydrogens is 252 g/mol. The SMILES string of the molecule is CCOCC(C)NS(=O)(=O)CCCCNC(C)C. The van der Waals surface area contributed by atoms with Crippen LogP contribution in [0.1, 0.15) is 40.5 Å². The second-order valence-corrected chi connectivity index (χ2v) is 6.69. The van der Waals surface area contributed by atoms with E-state index >= 15 is 0 Å². The summed E-state index contributed by atoms with van der Waals surface area (Å²) in [5, 5.41) is 3.27. The van der Waals surface area contributed by atoms with Crippen molar-refractivity contribution in [2.75, 3.05) is 25.5 Å². The molecule has 5 nitrogen and oxygen atoms in total. The van der Waals surface area contributed by atoms with Crippen LogP contribution in [0.4, 0.5) is 0 Å². The average molecular weight is 280 g/mol. The van der Waals surface area contributed by atoms with Gasteiger partial charge < -0.3 is 10.1 Å². The van der Waals surface area contributed by atoms with E-state index in [9.17, 15) is 8.42 Å². The Balaban J connectivity index is 3.73. The van der Waals surface area contributed by atoms with Crippen molar-refractivity contribution in [3.8, 4) is 0 Å². The van der Waals surface area contributed by atoms with Gasteiger partial charge in [0, 0.05) is 18.7 Å². The number of hydrogen-bond donors (Lipinski definition) is 2. The Labute approximate surface area is 112 Å². The molecule has 110 valence electrons. The first-order valence-electron chi connectivity index (χ1n) is 6.68. The predicted octanol–water partition coefficient (Wildman–Crippen LogP) is 1.11. The summed E-state index contributed by atoms with van der Waals surface area (Å²) in [5.41, 5.74) is 0. The first kappa shape index (κ1) is 17.8. The second kappa shape index (κ2) is 9.72. The minimum atomic E-state index is -3.17. The minimum absolute atomic E-state index is 0.163. The van der Waals surface area contributed by atoms with E-state index in [4.69, 9.17) is 4.74 Å². The van der Waals surface area contributed by atoms with Crippen LogP contribution in [0.15, 0.2) is 0 Å². The summed E-state index contributed by atoms with van der Waals surface area (Å²) in [6.45, 7) is 9.75. The number of sulfonamides is 1. The fraction of sp³-hybridized carbons (Fsp3) is 1.00. The molecule has 0 spiro atoms. The summed E-state index contributed by atoms with van der Waals surface area (Å²) < 4.78 is 31.2. The van der Waals surface area contributed by atoms with Gasteiger partial charge >= 0.3 is 0 Å². The third-order valence-corrected chi connectivity index (χ3v) is 3.93. The van der Waals surface area contributed by atoms with Gasteiger partial charge in [0.1, 0.15) is 0 Å². The van der Waals surface area contributed by atoms with Crippen LogP contribution in [-0.2, 0) is 14.8 Å². The highest BCUT2D eigenvalue weighted by atomic mass is 32.2. The van der Waals surface area contributed by atoms with Gasteiger partial charge in [0.15, 0.2) is 0 Å². The van der Waals surface area contributed by atoms with E-state index < -0.39 is 10.0 Å². The molecule has 18 heavy (non-hydrogen) atoms. The number of rotatable bonds is 11. The third-order valence-electron chi connectivity index (χ3n) is 2.35. The van der Waals surface area contributed by atoms with Crippen LogP contribution in [0.2, 0.25) is 0 Å². The molecule has 0 aliphatic rings. The highest BCUT2D eigenvalue weighted by molar-refractivity contribution is 7.89. The Hall–Kier alpha value is -0.170. The zero-order valence-corrected chi connectivity index (χ0v) is 12.8. The number of unbranched alkanes of at least 4 members (excludes halogenated alkanes) is 1. The van der Waals surface area contributed by atoms with E-state index in [1.54, 1.807) is 0 Å². The first-order chi connectivity index (χ1) is 8.37. The molecule has 0 radical (unpaired) electrons. The molecule has 0 heterocycles. The van der Waals surface area contributed by atoms with Crippen molar-refractivity contribution >= 4 is 10.0 Å². The molecular formula is C12H28N2O3S. The molecule has 0 bridgehead atoms. The van der Waals surface area contributed by atoms with Crippen LogP contribution in [0.5, 0.6) is 0 Å². The van der Waals surface area contributed by atoms with Gasteiger partial charge in [-0.25, -0.2) is 13.1 Å². The van der Waals surface area contributed by atoms with E-state index in [2.05, 4.69) is 23.9 Å². The van der Waals surface area contributed by atoms with E-state index in [0.29, 0.717) is 25.7 Å². The second-order valence-electron chi connectivity index (χ2n) is 4.81. The quantitative estimate of drug-likeness (QED) is 0.556. The summed E-state index contributed by atoms with van der Waals surface area (Å²) in [7, 11) is -3.17. The smallest absolute Gasteiger partial charge is 0.211 e. The third kappa shape index (κ3) is 11.0. The van der Waals surface area contributed by atoms with Crippen molar-refractivity contribution in [2.45, 2.75) is 52.6 Å². The van der Waals surface area contributed by atoms with Crippen molar-refractivity contribution in [3.05, 3.63) is 0 Å². The van der Waals surface area contributed by atoms with Gasteiger partial charge in [-0.2, -0.15) is 0 Å². The van der Waals surface area contributed by atoms with Crippen molar-refractivity contribution in [1.82, 2.24) is 10.0 Å². The average Bonchev–Trinajstić information content (AvgIpc) is 2.24. The zero-order valence-electron chi connectivity index (χ0n) is 12.0.